The molecule has 0 fully saturated rings. The van der Waals surface area contributed by atoms with E-state index in [0.29, 0.717) is 17.8 Å². The minimum Gasteiger partial charge on any atom is -0.337 e. The van der Waals surface area contributed by atoms with Gasteiger partial charge in [0.2, 0.25) is 0 Å². The number of pyridine rings is 2. The molecule has 0 aliphatic heterocycles. The molecular formula is C16H21FN4. The van der Waals surface area contributed by atoms with E-state index in [1.807, 2.05) is 39.8 Å². The molecule has 2 N–H and O–H groups in total. The maximum atomic E-state index is 14.4. The molecule has 0 spiro atoms. The van der Waals surface area contributed by atoms with Gasteiger partial charge in [0.15, 0.2) is 11.6 Å². The molecule has 2 rings (SSSR count). The van der Waals surface area contributed by atoms with E-state index in [9.17, 15) is 4.39 Å². The second-order valence-electron chi connectivity index (χ2n) is 6.05. The quantitative estimate of drug-likeness (QED) is 0.903. The second-order valence-corrected chi connectivity index (χ2v) is 6.05. The third-order valence-corrected chi connectivity index (χ3v) is 2.95. The van der Waals surface area contributed by atoms with Crippen LogP contribution in [0.4, 0.5) is 15.9 Å². The van der Waals surface area contributed by atoms with Gasteiger partial charge in [0.1, 0.15) is 0 Å². The van der Waals surface area contributed by atoms with Gasteiger partial charge in [-0.1, -0.05) is 0 Å². The van der Waals surface area contributed by atoms with Crippen molar-refractivity contribution in [1.82, 2.24) is 15.3 Å². The van der Waals surface area contributed by atoms with Crippen LogP contribution in [0.15, 0.2) is 30.6 Å². The molecule has 112 valence electrons. The second kappa shape index (κ2) is 6.18. The fourth-order valence-electron chi connectivity index (χ4n) is 1.75. The molecule has 0 saturated heterocycles. The Kier molecular flexibility index (Phi) is 4.53. The largest absolute Gasteiger partial charge is 0.337 e. The van der Waals surface area contributed by atoms with E-state index in [2.05, 4.69) is 20.6 Å². The summed E-state index contributed by atoms with van der Waals surface area (Å²) in [5.41, 5.74) is 2.15. The Bertz CT molecular complexity index is 603. The first-order valence-electron chi connectivity index (χ1n) is 6.93. The minimum absolute atomic E-state index is 0.0653. The van der Waals surface area contributed by atoms with Crippen molar-refractivity contribution in [3.05, 3.63) is 47.7 Å². The van der Waals surface area contributed by atoms with Crippen LogP contribution in [0.3, 0.4) is 0 Å². The van der Waals surface area contributed by atoms with E-state index in [-0.39, 0.29) is 17.2 Å². The van der Waals surface area contributed by atoms with Gasteiger partial charge in [0.25, 0.3) is 0 Å². The molecule has 2 heterocycles. The Hall–Kier alpha value is -2.01. The van der Waals surface area contributed by atoms with Gasteiger partial charge in [-0.25, -0.2) is 9.37 Å². The standard InChI is InChI=1S/C16H21FN4/c1-11-5-6-13(10-19-11)21-15-14(17)12(7-8-18-15)9-20-16(2,3)4/h5-8,10,20H,9H2,1-4H3,(H,18,21). The maximum absolute atomic E-state index is 14.4. The monoisotopic (exact) mass is 288 g/mol. The zero-order chi connectivity index (χ0) is 15.5. The van der Waals surface area contributed by atoms with E-state index >= 15 is 0 Å². The third-order valence-electron chi connectivity index (χ3n) is 2.95. The van der Waals surface area contributed by atoms with Crippen LogP contribution in [0.1, 0.15) is 32.0 Å². The molecule has 0 aromatic carbocycles. The molecule has 4 nitrogen and oxygen atoms in total. The Morgan fingerprint density at radius 2 is 1.90 bits per heavy atom. The van der Waals surface area contributed by atoms with Gasteiger partial charge in [0.05, 0.1) is 11.9 Å². The van der Waals surface area contributed by atoms with E-state index < -0.39 is 0 Å². The van der Waals surface area contributed by atoms with Crippen LogP contribution >= 0.6 is 0 Å². The first kappa shape index (κ1) is 15.4. The number of hydrogen-bond donors (Lipinski definition) is 2. The summed E-state index contributed by atoms with van der Waals surface area (Å²) in [6, 6.07) is 5.40. The number of aromatic nitrogens is 2. The molecular weight excluding hydrogens is 267 g/mol. The van der Waals surface area contributed by atoms with Gasteiger partial charge < -0.3 is 10.6 Å². The third kappa shape index (κ3) is 4.49. The molecule has 5 heteroatoms. The number of nitrogens with one attached hydrogen (secondary N) is 2. The molecule has 0 saturated carbocycles. The lowest BCUT2D eigenvalue weighted by Crippen LogP contribution is -2.35. The van der Waals surface area contributed by atoms with Crippen molar-refractivity contribution < 1.29 is 4.39 Å². The van der Waals surface area contributed by atoms with Crippen molar-refractivity contribution in [3.63, 3.8) is 0 Å². The van der Waals surface area contributed by atoms with Gasteiger partial charge in [0, 0.05) is 29.5 Å². The predicted molar refractivity (Wildman–Crippen MR) is 83.0 cm³/mol. The Balaban J connectivity index is 2.15. The number of rotatable bonds is 4. The van der Waals surface area contributed by atoms with E-state index in [4.69, 9.17) is 0 Å². The van der Waals surface area contributed by atoms with Gasteiger partial charge in [-0.3, -0.25) is 4.98 Å². The lowest BCUT2D eigenvalue weighted by molar-refractivity contribution is 0.418. The number of halogens is 1. The summed E-state index contributed by atoms with van der Waals surface area (Å²) >= 11 is 0. The number of anilines is 2. The van der Waals surface area contributed by atoms with Gasteiger partial charge in [-0.15, -0.1) is 0 Å². The van der Waals surface area contributed by atoms with Crippen LogP contribution in [-0.2, 0) is 6.54 Å². The Labute approximate surface area is 124 Å². The molecule has 2 aromatic heterocycles. The maximum Gasteiger partial charge on any atom is 0.170 e. The fraction of sp³-hybridized carbons (Fsp3) is 0.375. The molecule has 0 atom stereocenters. The topological polar surface area (TPSA) is 49.8 Å². The van der Waals surface area contributed by atoms with Crippen molar-refractivity contribution >= 4 is 11.5 Å². The average molecular weight is 288 g/mol. The van der Waals surface area contributed by atoms with Crippen LogP contribution < -0.4 is 10.6 Å². The van der Waals surface area contributed by atoms with Crippen molar-refractivity contribution in [1.29, 1.82) is 0 Å². The van der Waals surface area contributed by atoms with E-state index in [1.165, 1.54) is 0 Å². The average Bonchev–Trinajstić information content (AvgIpc) is 2.41. The SMILES string of the molecule is Cc1ccc(Nc2nccc(CNC(C)(C)C)c2F)cn1. The van der Waals surface area contributed by atoms with Crippen molar-refractivity contribution in [2.45, 2.75) is 39.8 Å². The Morgan fingerprint density at radius 3 is 2.52 bits per heavy atom. The van der Waals surface area contributed by atoms with Crippen LogP contribution in [0.25, 0.3) is 0 Å². The summed E-state index contributed by atoms with van der Waals surface area (Å²) in [7, 11) is 0. The molecule has 0 bridgehead atoms. The van der Waals surface area contributed by atoms with Crippen LogP contribution in [0.5, 0.6) is 0 Å². The summed E-state index contributed by atoms with van der Waals surface area (Å²) in [4.78, 5) is 8.23. The normalized spacial score (nSPS) is 11.5. The molecule has 2 aromatic rings. The minimum atomic E-state index is -0.338. The van der Waals surface area contributed by atoms with Crippen LogP contribution in [0, 0.1) is 12.7 Å². The molecule has 0 amide bonds. The summed E-state index contributed by atoms with van der Waals surface area (Å²) in [5, 5.41) is 6.23. The molecule has 21 heavy (non-hydrogen) atoms. The zero-order valence-corrected chi connectivity index (χ0v) is 12.9. The number of nitrogens with zero attached hydrogens (tertiary/aromatic N) is 2. The summed E-state index contributed by atoms with van der Waals surface area (Å²) in [5.74, 6) is -0.122. The summed E-state index contributed by atoms with van der Waals surface area (Å²) < 4.78 is 14.4. The lowest BCUT2D eigenvalue weighted by Gasteiger charge is -2.21. The van der Waals surface area contributed by atoms with Crippen molar-refractivity contribution in [3.8, 4) is 0 Å². The van der Waals surface area contributed by atoms with Crippen LogP contribution in [-0.4, -0.2) is 15.5 Å². The zero-order valence-electron chi connectivity index (χ0n) is 12.9. The Morgan fingerprint density at radius 1 is 1.14 bits per heavy atom. The van der Waals surface area contributed by atoms with Gasteiger partial charge >= 0.3 is 0 Å². The predicted octanol–water partition coefficient (Wildman–Crippen LogP) is 3.56. The summed E-state index contributed by atoms with van der Waals surface area (Å²) in [6.45, 7) is 8.50. The molecule has 0 aliphatic rings. The molecule has 0 unspecified atom stereocenters. The van der Waals surface area contributed by atoms with Crippen LogP contribution in [0.2, 0.25) is 0 Å². The van der Waals surface area contributed by atoms with Gasteiger partial charge in [-0.05, 0) is 45.9 Å². The highest BCUT2D eigenvalue weighted by molar-refractivity contribution is 5.56. The molecule has 0 radical (unpaired) electrons. The van der Waals surface area contributed by atoms with Crippen molar-refractivity contribution in [2.75, 3.05) is 5.32 Å². The lowest BCUT2D eigenvalue weighted by atomic mass is 10.1. The smallest absolute Gasteiger partial charge is 0.170 e. The van der Waals surface area contributed by atoms with E-state index in [1.54, 1.807) is 18.5 Å². The number of hydrogen-bond acceptors (Lipinski definition) is 4. The summed E-state index contributed by atoms with van der Waals surface area (Å²) in [6.07, 6.45) is 3.27. The highest BCUT2D eigenvalue weighted by Gasteiger charge is 2.13. The van der Waals surface area contributed by atoms with Crippen molar-refractivity contribution in [2.24, 2.45) is 0 Å². The highest BCUT2D eigenvalue weighted by Crippen LogP contribution is 2.20. The highest BCUT2D eigenvalue weighted by atomic mass is 19.1. The van der Waals surface area contributed by atoms with E-state index in [0.717, 1.165) is 5.69 Å². The molecule has 0 aliphatic carbocycles. The fourth-order valence-corrected chi connectivity index (χ4v) is 1.75. The first-order chi connectivity index (χ1) is 9.85. The first-order valence-corrected chi connectivity index (χ1v) is 6.93. The van der Waals surface area contributed by atoms with Gasteiger partial charge in [-0.2, -0.15) is 0 Å². The number of aryl methyl sites for hydroxylation is 1.